The van der Waals surface area contributed by atoms with Gasteiger partial charge in [0.05, 0.1) is 6.10 Å². The second-order valence-electron chi connectivity index (χ2n) is 4.45. The lowest BCUT2D eigenvalue weighted by Crippen LogP contribution is -2.60. The Kier molecular flexibility index (Phi) is 5.46. The van der Waals surface area contributed by atoms with Crippen molar-refractivity contribution in [1.82, 2.24) is 0 Å². The van der Waals surface area contributed by atoms with Gasteiger partial charge in [0.15, 0.2) is 24.6 Å². The Morgan fingerprint density at radius 1 is 0.850 bits per heavy atom. The van der Waals surface area contributed by atoms with Crippen LogP contribution in [0.2, 0.25) is 0 Å². The van der Waals surface area contributed by atoms with Gasteiger partial charge in [-0.15, -0.1) is 0 Å². The average Bonchev–Trinajstić information content (AvgIpc) is 2.27. The van der Waals surface area contributed by atoms with Gasteiger partial charge in [-0.3, -0.25) is 14.4 Å². The first-order chi connectivity index (χ1) is 9.22. The molecule has 0 aromatic heterocycles. The molecule has 1 rings (SSSR count). The second kappa shape index (κ2) is 6.67. The minimum absolute atomic E-state index is 0.611. The molecule has 1 unspecified atom stereocenters. The SMILES string of the molecule is CC(=O)O[C@@H]1[C@H](OC(C)=O)[C@@H](C)OC(O)[C@H]1OC(C)=O. The maximum absolute atomic E-state index is 11.2. The number of carbonyl (C=O) groups is 3. The fourth-order valence-electron chi connectivity index (χ4n) is 1.99. The normalized spacial score (nSPS) is 33.1. The van der Waals surface area contributed by atoms with Gasteiger partial charge in [0.1, 0.15) is 0 Å². The summed E-state index contributed by atoms with van der Waals surface area (Å²) in [5, 5.41) is 9.79. The number of aliphatic hydroxyl groups excluding tert-OH is 1. The fraction of sp³-hybridized carbons (Fsp3) is 0.750. The van der Waals surface area contributed by atoms with E-state index in [1.54, 1.807) is 0 Å². The molecular formula is C12H18O8. The highest BCUT2D eigenvalue weighted by atomic mass is 16.7. The van der Waals surface area contributed by atoms with E-state index in [2.05, 4.69) is 0 Å². The number of hydrogen-bond acceptors (Lipinski definition) is 8. The van der Waals surface area contributed by atoms with E-state index < -0.39 is 48.6 Å². The Morgan fingerprint density at radius 3 is 1.70 bits per heavy atom. The molecule has 0 bridgehead atoms. The van der Waals surface area contributed by atoms with Crippen LogP contribution in [0.3, 0.4) is 0 Å². The van der Waals surface area contributed by atoms with Crippen LogP contribution in [-0.2, 0) is 33.3 Å². The third-order valence-electron chi connectivity index (χ3n) is 2.65. The number of carbonyl (C=O) groups excluding carboxylic acids is 3. The summed E-state index contributed by atoms with van der Waals surface area (Å²) < 4.78 is 20.1. The van der Waals surface area contributed by atoms with Crippen molar-refractivity contribution < 1.29 is 38.4 Å². The van der Waals surface area contributed by atoms with Crippen LogP contribution in [0, 0.1) is 0 Å². The minimum Gasteiger partial charge on any atom is -0.456 e. The van der Waals surface area contributed by atoms with E-state index in [1.165, 1.54) is 13.8 Å². The van der Waals surface area contributed by atoms with Crippen LogP contribution in [0.15, 0.2) is 0 Å². The topological polar surface area (TPSA) is 108 Å². The van der Waals surface area contributed by atoms with E-state index in [0.29, 0.717) is 0 Å². The monoisotopic (exact) mass is 290 g/mol. The summed E-state index contributed by atoms with van der Waals surface area (Å²) in [5.41, 5.74) is 0. The number of aliphatic hydroxyl groups is 1. The molecular weight excluding hydrogens is 272 g/mol. The highest BCUT2D eigenvalue weighted by molar-refractivity contribution is 5.68. The van der Waals surface area contributed by atoms with Gasteiger partial charge in [0, 0.05) is 20.8 Å². The molecule has 20 heavy (non-hydrogen) atoms. The van der Waals surface area contributed by atoms with Crippen LogP contribution in [0.25, 0.3) is 0 Å². The molecule has 1 heterocycles. The Morgan fingerprint density at radius 2 is 1.25 bits per heavy atom. The Bertz CT molecular complexity index is 365. The van der Waals surface area contributed by atoms with Gasteiger partial charge in [-0.2, -0.15) is 0 Å². The van der Waals surface area contributed by atoms with Crippen molar-refractivity contribution in [2.45, 2.75) is 58.4 Å². The molecule has 0 spiro atoms. The third-order valence-corrected chi connectivity index (χ3v) is 2.65. The molecule has 1 fully saturated rings. The largest absolute Gasteiger partial charge is 0.456 e. The molecule has 0 amide bonds. The van der Waals surface area contributed by atoms with Crippen LogP contribution in [0.4, 0.5) is 0 Å². The van der Waals surface area contributed by atoms with Gasteiger partial charge in [0.2, 0.25) is 0 Å². The standard InChI is InChI=1S/C12H18O8/c1-5-9(18-6(2)13)10(19-7(3)14)11(12(16)17-5)20-8(4)15/h5,9-12,16H,1-4H3/t5-,9-,10-,11+,12?/m1/s1. The zero-order valence-electron chi connectivity index (χ0n) is 11.7. The Labute approximate surface area is 115 Å². The summed E-state index contributed by atoms with van der Waals surface area (Å²) in [4.78, 5) is 33.3. The van der Waals surface area contributed by atoms with Crippen LogP contribution >= 0.6 is 0 Å². The van der Waals surface area contributed by atoms with E-state index in [0.717, 1.165) is 13.8 Å². The number of rotatable bonds is 3. The molecule has 1 aliphatic heterocycles. The molecule has 0 saturated carbocycles. The minimum atomic E-state index is -1.48. The first-order valence-electron chi connectivity index (χ1n) is 6.07. The molecule has 1 aliphatic rings. The summed E-state index contributed by atoms with van der Waals surface area (Å²) in [5.74, 6) is -1.96. The van der Waals surface area contributed by atoms with Gasteiger partial charge >= 0.3 is 17.9 Å². The van der Waals surface area contributed by atoms with E-state index in [9.17, 15) is 19.5 Å². The summed E-state index contributed by atoms with van der Waals surface area (Å²) in [6.45, 7) is 5.01. The highest BCUT2D eigenvalue weighted by Crippen LogP contribution is 2.27. The van der Waals surface area contributed by atoms with Crippen molar-refractivity contribution in [3.05, 3.63) is 0 Å². The molecule has 8 nitrogen and oxygen atoms in total. The third kappa shape index (κ3) is 4.17. The van der Waals surface area contributed by atoms with Gasteiger partial charge in [-0.05, 0) is 6.92 Å². The van der Waals surface area contributed by atoms with Crippen molar-refractivity contribution in [1.29, 1.82) is 0 Å². The average molecular weight is 290 g/mol. The molecule has 0 aromatic carbocycles. The van der Waals surface area contributed by atoms with Gasteiger partial charge in [-0.1, -0.05) is 0 Å². The van der Waals surface area contributed by atoms with Crippen molar-refractivity contribution in [2.75, 3.05) is 0 Å². The second-order valence-corrected chi connectivity index (χ2v) is 4.45. The summed E-state index contributed by atoms with van der Waals surface area (Å²) in [7, 11) is 0. The first-order valence-corrected chi connectivity index (χ1v) is 6.07. The lowest BCUT2D eigenvalue weighted by molar-refractivity contribution is -0.288. The smallest absolute Gasteiger partial charge is 0.303 e. The van der Waals surface area contributed by atoms with Gasteiger partial charge in [-0.25, -0.2) is 0 Å². The summed E-state index contributed by atoms with van der Waals surface area (Å²) in [6.07, 6.45) is -5.60. The maximum atomic E-state index is 11.2. The molecule has 5 atom stereocenters. The van der Waals surface area contributed by atoms with Gasteiger partial charge in [0.25, 0.3) is 0 Å². The predicted octanol–water partition coefficient (Wildman–Crippen LogP) is -0.481. The molecule has 114 valence electrons. The van der Waals surface area contributed by atoms with E-state index in [-0.39, 0.29) is 0 Å². The van der Waals surface area contributed by atoms with Crippen LogP contribution < -0.4 is 0 Å². The summed E-state index contributed by atoms with van der Waals surface area (Å²) >= 11 is 0. The van der Waals surface area contributed by atoms with Crippen LogP contribution in [0.5, 0.6) is 0 Å². The highest BCUT2D eigenvalue weighted by Gasteiger charge is 2.49. The Hall–Kier alpha value is -1.67. The lowest BCUT2D eigenvalue weighted by Gasteiger charge is -2.41. The van der Waals surface area contributed by atoms with Crippen molar-refractivity contribution in [2.24, 2.45) is 0 Å². The predicted molar refractivity (Wildman–Crippen MR) is 63.2 cm³/mol. The molecule has 0 radical (unpaired) electrons. The number of hydrogen-bond donors (Lipinski definition) is 1. The van der Waals surface area contributed by atoms with Crippen molar-refractivity contribution in [3.8, 4) is 0 Å². The van der Waals surface area contributed by atoms with E-state index in [4.69, 9.17) is 18.9 Å². The summed E-state index contributed by atoms with van der Waals surface area (Å²) in [6, 6.07) is 0. The number of esters is 3. The zero-order chi connectivity index (χ0) is 15.4. The molecule has 1 N–H and O–H groups in total. The zero-order valence-corrected chi connectivity index (χ0v) is 11.7. The number of ether oxygens (including phenoxy) is 4. The molecule has 0 aromatic rings. The Balaban J connectivity index is 3.01. The lowest BCUT2D eigenvalue weighted by atomic mass is 9.99. The van der Waals surface area contributed by atoms with Crippen molar-refractivity contribution in [3.63, 3.8) is 0 Å². The molecule has 8 heteroatoms. The fourth-order valence-corrected chi connectivity index (χ4v) is 1.99. The first kappa shape index (κ1) is 16.4. The van der Waals surface area contributed by atoms with Crippen molar-refractivity contribution >= 4 is 17.9 Å². The quantitative estimate of drug-likeness (QED) is 0.548. The maximum Gasteiger partial charge on any atom is 0.303 e. The van der Waals surface area contributed by atoms with E-state index >= 15 is 0 Å². The van der Waals surface area contributed by atoms with Crippen LogP contribution in [-0.4, -0.2) is 53.7 Å². The molecule has 1 saturated heterocycles. The van der Waals surface area contributed by atoms with Gasteiger partial charge < -0.3 is 24.1 Å². The molecule has 0 aliphatic carbocycles. The van der Waals surface area contributed by atoms with Crippen LogP contribution in [0.1, 0.15) is 27.7 Å². The van der Waals surface area contributed by atoms with E-state index in [1.807, 2.05) is 0 Å².